The van der Waals surface area contributed by atoms with E-state index in [1.807, 2.05) is 51.1 Å². The van der Waals surface area contributed by atoms with Crippen molar-refractivity contribution in [3.05, 3.63) is 53.6 Å². The average molecular weight is 383 g/mol. The van der Waals surface area contributed by atoms with Crippen molar-refractivity contribution in [1.82, 2.24) is 20.2 Å². The Kier molecular flexibility index (Phi) is 5.75. The Balaban J connectivity index is 1.77. The van der Waals surface area contributed by atoms with Gasteiger partial charge in [0.15, 0.2) is 0 Å². The van der Waals surface area contributed by atoms with Gasteiger partial charge >= 0.3 is 0 Å². The van der Waals surface area contributed by atoms with Crippen LogP contribution >= 0.6 is 11.8 Å². The molecule has 1 amide bonds. The van der Waals surface area contributed by atoms with Crippen molar-refractivity contribution in [2.45, 2.75) is 31.2 Å². The lowest BCUT2D eigenvalue weighted by atomic mass is 10.1. The third kappa shape index (κ3) is 4.28. The van der Waals surface area contributed by atoms with Gasteiger partial charge in [-0.2, -0.15) is 4.68 Å². The lowest BCUT2D eigenvalue weighted by Gasteiger charge is -2.14. The molecule has 0 saturated heterocycles. The summed E-state index contributed by atoms with van der Waals surface area (Å²) in [7, 11) is 1.57. The predicted octanol–water partition coefficient (Wildman–Crippen LogP) is 3.41. The molecule has 1 N–H and O–H groups in total. The van der Waals surface area contributed by atoms with Crippen molar-refractivity contribution in [3.8, 4) is 11.4 Å². The van der Waals surface area contributed by atoms with Crippen molar-refractivity contribution < 1.29 is 9.53 Å². The summed E-state index contributed by atoms with van der Waals surface area (Å²) < 4.78 is 6.94. The van der Waals surface area contributed by atoms with Crippen LogP contribution in [0.1, 0.15) is 18.1 Å². The first-order chi connectivity index (χ1) is 13.0. The van der Waals surface area contributed by atoms with Gasteiger partial charge in [-0.3, -0.25) is 4.79 Å². The molecule has 3 aromatic rings. The molecular weight excluding hydrogens is 362 g/mol. The molecule has 3 rings (SSSR count). The Hall–Kier alpha value is -2.87. The maximum absolute atomic E-state index is 12.6. The highest BCUT2D eigenvalue weighted by Gasteiger charge is 2.21. The van der Waals surface area contributed by atoms with Crippen molar-refractivity contribution in [1.29, 1.82) is 0 Å². The largest absolute Gasteiger partial charge is 0.495 e. The molecule has 8 heteroatoms. The second-order valence-corrected chi connectivity index (χ2v) is 7.42. The van der Waals surface area contributed by atoms with Gasteiger partial charge in [0.2, 0.25) is 11.1 Å². The number of hydrogen-bond acceptors (Lipinski definition) is 6. The molecule has 0 unspecified atom stereocenters. The molecule has 27 heavy (non-hydrogen) atoms. The van der Waals surface area contributed by atoms with Crippen LogP contribution in [0.15, 0.2) is 47.6 Å². The molecule has 0 spiro atoms. The van der Waals surface area contributed by atoms with Gasteiger partial charge in [-0.1, -0.05) is 36.0 Å². The van der Waals surface area contributed by atoms with E-state index in [9.17, 15) is 4.79 Å². The van der Waals surface area contributed by atoms with Gasteiger partial charge in [0.05, 0.1) is 23.7 Å². The number of carbonyl (C=O) groups excluding carboxylic acids is 1. The second-order valence-electron chi connectivity index (χ2n) is 6.11. The highest BCUT2D eigenvalue weighted by Crippen LogP contribution is 2.27. The lowest BCUT2D eigenvalue weighted by molar-refractivity contribution is -0.115. The van der Waals surface area contributed by atoms with E-state index in [1.165, 1.54) is 11.8 Å². The van der Waals surface area contributed by atoms with Crippen molar-refractivity contribution in [2.24, 2.45) is 0 Å². The van der Waals surface area contributed by atoms with E-state index in [2.05, 4.69) is 20.8 Å². The van der Waals surface area contributed by atoms with Gasteiger partial charge < -0.3 is 10.1 Å². The zero-order chi connectivity index (χ0) is 19.4. The number of nitrogens with zero attached hydrogens (tertiary/aromatic N) is 4. The quantitative estimate of drug-likeness (QED) is 0.657. The average Bonchev–Trinajstić information content (AvgIpc) is 3.12. The molecule has 1 heterocycles. The van der Waals surface area contributed by atoms with Gasteiger partial charge in [-0.25, -0.2) is 0 Å². The van der Waals surface area contributed by atoms with Crippen molar-refractivity contribution in [3.63, 3.8) is 0 Å². The van der Waals surface area contributed by atoms with Gasteiger partial charge in [0, 0.05) is 0 Å². The maximum Gasteiger partial charge on any atom is 0.237 e. The Morgan fingerprint density at radius 1 is 1.22 bits per heavy atom. The molecule has 0 saturated carbocycles. The highest BCUT2D eigenvalue weighted by molar-refractivity contribution is 8.00. The Labute approximate surface area is 162 Å². The number of thioether (sulfide) groups is 1. The normalized spacial score (nSPS) is 11.9. The van der Waals surface area contributed by atoms with E-state index in [1.54, 1.807) is 23.9 Å². The van der Waals surface area contributed by atoms with Crippen LogP contribution in [0.5, 0.6) is 5.75 Å². The van der Waals surface area contributed by atoms with E-state index >= 15 is 0 Å². The number of rotatable bonds is 6. The lowest BCUT2D eigenvalue weighted by Crippen LogP contribution is -2.23. The predicted molar refractivity (Wildman–Crippen MR) is 106 cm³/mol. The first kappa shape index (κ1) is 18.9. The van der Waals surface area contributed by atoms with E-state index < -0.39 is 5.25 Å². The van der Waals surface area contributed by atoms with E-state index in [0.29, 0.717) is 16.6 Å². The maximum atomic E-state index is 12.6. The van der Waals surface area contributed by atoms with Crippen molar-refractivity contribution in [2.75, 3.05) is 12.4 Å². The summed E-state index contributed by atoms with van der Waals surface area (Å²) in [5.41, 5.74) is 3.70. The summed E-state index contributed by atoms with van der Waals surface area (Å²) >= 11 is 1.30. The Morgan fingerprint density at radius 3 is 2.78 bits per heavy atom. The Bertz CT molecular complexity index is 957. The fourth-order valence-corrected chi connectivity index (χ4v) is 3.35. The zero-order valence-electron chi connectivity index (χ0n) is 15.6. The number of ether oxygens (including phenoxy) is 1. The number of carbonyl (C=O) groups is 1. The number of amides is 1. The smallest absolute Gasteiger partial charge is 0.237 e. The van der Waals surface area contributed by atoms with Crippen LogP contribution in [0.4, 0.5) is 5.69 Å². The van der Waals surface area contributed by atoms with Crippen LogP contribution < -0.4 is 10.1 Å². The molecular formula is C19H21N5O2S. The van der Waals surface area contributed by atoms with Crippen LogP contribution in [0, 0.1) is 13.8 Å². The van der Waals surface area contributed by atoms with Crippen LogP contribution in [0.3, 0.4) is 0 Å². The zero-order valence-corrected chi connectivity index (χ0v) is 16.4. The number of hydrogen-bond donors (Lipinski definition) is 1. The monoisotopic (exact) mass is 383 g/mol. The number of nitrogens with one attached hydrogen (secondary N) is 1. The minimum atomic E-state index is -0.398. The van der Waals surface area contributed by atoms with Gasteiger partial charge in [-0.05, 0) is 60.5 Å². The summed E-state index contributed by atoms with van der Waals surface area (Å²) in [5.74, 6) is 0.461. The fourth-order valence-electron chi connectivity index (χ4n) is 2.55. The SMILES string of the molecule is COc1ccccc1NC(=O)[C@@H](C)Sc1nnnn1-c1cc(C)ccc1C. The van der Waals surface area contributed by atoms with E-state index in [4.69, 9.17) is 4.74 Å². The summed E-state index contributed by atoms with van der Waals surface area (Å²) in [6, 6.07) is 13.4. The number of aromatic nitrogens is 4. The van der Waals surface area contributed by atoms with Crippen LogP contribution in [-0.2, 0) is 4.79 Å². The molecule has 2 aromatic carbocycles. The number of aryl methyl sites for hydroxylation is 2. The molecule has 0 aliphatic heterocycles. The van der Waals surface area contributed by atoms with Crippen LogP contribution in [-0.4, -0.2) is 38.5 Å². The minimum Gasteiger partial charge on any atom is -0.495 e. The molecule has 0 aliphatic carbocycles. The molecule has 0 bridgehead atoms. The molecule has 1 atom stereocenters. The number of para-hydroxylation sites is 2. The third-order valence-electron chi connectivity index (χ3n) is 4.05. The second kappa shape index (κ2) is 8.22. The summed E-state index contributed by atoms with van der Waals surface area (Å²) in [6.07, 6.45) is 0. The summed E-state index contributed by atoms with van der Waals surface area (Å²) in [5, 5.41) is 15.0. The van der Waals surface area contributed by atoms with Gasteiger partial charge in [-0.15, -0.1) is 5.10 Å². The van der Waals surface area contributed by atoms with Gasteiger partial charge in [0.25, 0.3) is 0 Å². The molecule has 0 aliphatic rings. The first-order valence-corrected chi connectivity index (χ1v) is 9.34. The number of benzene rings is 2. The van der Waals surface area contributed by atoms with Gasteiger partial charge in [0.1, 0.15) is 5.75 Å². The number of tetrazole rings is 1. The van der Waals surface area contributed by atoms with Crippen LogP contribution in [0.25, 0.3) is 5.69 Å². The van der Waals surface area contributed by atoms with Crippen LogP contribution in [0.2, 0.25) is 0 Å². The molecule has 7 nitrogen and oxygen atoms in total. The minimum absolute atomic E-state index is 0.153. The van der Waals surface area contributed by atoms with Crippen molar-refractivity contribution >= 4 is 23.4 Å². The molecule has 0 fully saturated rings. The summed E-state index contributed by atoms with van der Waals surface area (Å²) in [4.78, 5) is 12.6. The highest BCUT2D eigenvalue weighted by atomic mass is 32.2. The molecule has 140 valence electrons. The van der Waals surface area contributed by atoms with E-state index in [0.717, 1.165) is 16.8 Å². The number of anilines is 1. The molecule has 0 radical (unpaired) electrons. The van der Waals surface area contributed by atoms with E-state index in [-0.39, 0.29) is 5.91 Å². The topological polar surface area (TPSA) is 81.9 Å². The molecule has 1 aromatic heterocycles. The number of methoxy groups -OCH3 is 1. The Morgan fingerprint density at radius 2 is 2.00 bits per heavy atom. The first-order valence-electron chi connectivity index (χ1n) is 8.46. The standard InChI is InChI=1S/C19H21N5O2S/c1-12-9-10-13(2)16(11-12)24-19(21-22-23-24)27-14(3)18(25)20-15-7-5-6-8-17(15)26-4/h5-11,14H,1-4H3,(H,20,25)/t14-/m1/s1. The summed E-state index contributed by atoms with van der Waals surface area (Å²) in [6.45, 7) is 5.84. The fraction of sp³-hybridized carbons (Fsp3) is 0.263. The third-order valence-corrected chi connectivity index (χ3v) is 5.08.